The summed E-state index contributed by atoms with van der Waals surface area (Å²) >= 11 is 0. The molecule has 1 aromatic rings. The molecule has 0 bridgehead atoms. The average molecular weight is 329 g/mol. The summed E-state index contributed by atoms with van der Waals surface area (Å²) in [5.41, 5.74) is 6.66. The van der Waals surface area contributed by atoms with E-state index in [1.165, 1.54) is 0 Å². The Morgan fingerprint density at radius 1 is 1.30 bits per heavy atom. The minimum Gasteiger partial charge on any atom is -0.340 e. The number of nitrogens with zero attached hydrogens (tertiary/aromatic N) is 1. The Kier molecular flexibility index (Phi) is 5.25. The molecule has 8 heteroatoms. The molecule has 0 spiro atoms. The van der Waals surface area contributed by atoms with Crippen LogP contribution >= 0.6 is 0 Å². The van der Waals surface area contributed by atoms with Crippen molar-refractivity contribution in [3.05, 3.63) is 35.4 Å². The van der Waals surface area contributed by atoms with Crippen LogP contribution in [0.5, 0.6) is 0 Å². The van der Waals surface area contributed by atoms with Crippen LogP contribution in [-0.4, -0.2) is 42.0 Å². The number of carbonyl (C=O) groups excluding carboxylic acids is 2. The highest BCUT2D eigenvalue weighted by atomic mass is 19.4. The Labute approximate surface area is 131 Å². The fraction of sp³-hybridized carbons (Fsp3) is 0.467. The highest BCUT2D eigenvalue weighted by Gasteiger charge is 2.37. The Morgan fingerprint density at radius 3 is 2.52 bits per heavy atom. The minimum absolute atomic E-state index is 0.0515. The van der Waals surface area contributed by atoms with Crippen LogP contribution in [0.4, 0.5) is 13.2 Å². The van der Waals surface area contributed by atoms with Gasteiger partial charge in [-0.1, -0.05) is 12.1 Å². The number of piperidine rings is 1. The van der Waals surface area contributed by atoms with Gasteiger partial charge in [-0.3, -0.25) is 9.59 Å². The molecule has 1 aromatic carbocycles. The summed E-state index contributed by atoms with van der Waals surface area (Å²) in [6, 6.07) is 5.59. The molecule has 126 valence electrons. The Morgan fingerprint density at radius 2 is 1.96 bits per heavy atom. The van der Waals surface area contributed by atoms with Gasteiger partial charge in [0, 0.05) is 18.7 Å². The standard InChI is InChI=1S/C15H18F3N3O2/c16-15(17,18)9-21-7-1-2-12(14(21)23)20-13(22)11-5-3-10(8-19)4-6-11/h3-6,12H,1-2,7-9,19H2,(H,20,22). The second-order valence-electron chi connectivity index (χ2n) is 5.44. The highest BCUT2D eigenvalue weighted by molar-refractivity contribution is 5.97. The summed E-state index contributed by atoms with van der Waals surface area (Å²) in [6.45, 7) is -0.894. The van der Waals surface area contributed by atoms with Crippen LogP contribution < -0.4 is 11.1 Å². The molecule has 2 amide bonds. The molecule has 1 unspecified atom stereocenters. The topological polar surface area (TPSA) is 75.4 Å². The van der Waals surface area contributed by atoms with E-state index in [4.69, 9.17) is 5.73 Å². The van der Waals surface area contributed by atoms with E-state index >= 15 is 0 Å². The molecular weight excluding hydrogens is 311 g/mol. The van der Waals surface area contributed by atoms with Crippen molar-refractivity contribution in [1.82, 2.24) is 10.2 Å². The normalized spacial score (nSPS) is 18.9. The van der Waals surface area contributed by atoms with E-state index in [9.17, 15) is 22.8 Å². The molecule has 1 fully saturated rings. The zero-order valence-electron chi connectivity index (χ0n) is 12.4. The van der Waals surface area contributed by atoms with E-state index in [0.717, 1.165) is 10.5 Å². The van der Waals surface area contributed by atoms with Crippen molar-refractivity contribution in [1.29, 1.82) is 0 Å². The number of halogens is 3. The number of nitrogens with two attached hydrogens (primary N) is 1. The summed E-state index contributed by atoms with van der Waals surface area (Å²) < 4.78 is 37.3. The molecule has 1 heterocycles. The molecule has 2 rings (SSSR count). The molecule has 1 atom stereocenters. The smallest absolute Gasteiger partial charge is 0.340 e. The van der Waals surface area contributed by atoms with Gasteiger partial charge in [0.1, 0.15) is 12.6 Å². The quantitative estimate of drug-likeness (QED) is 0.877. The van der Waals surface area contributed by atoms with Gasteiger partial charge in [0.05, 0.1) is 0 Å². The lowest BCUT2D eigenvalue weighted by atomic mass is 10.0. The van der Waals surface area contributed by atoms with Gasteiger partial charge in [0.2, 0.25) is 5.91 Å². The maximum absolute atomic E-state index is 12.4. The third kappa shape index (κ3) is 4.69. The van der Waals surface area contributed by atoms with Crippen LogP contribution in [0.2, 0.25) is 0 Å². The number of likely N-dealkylation sites (tertiary alicyclic amines) is 1. The highest BCUT2D eigenvalue weighted by Crippen LogP contribution is 2.20. The number of carbonyl (C=O) groups is 2. The van der Waals surface area contributed by atoms with Crippen LogP contribution in [0, 0.1) is 0 Å². The zero-order valence-corrected chi connectivity index (χ0v) is 12.4. The minimum atomic E-state index is -4.44. The van der Waals surface area contributed by atoms with Gasteiger partial charge in [0.25, 0.3) is 5.91 Å². The fourth-order valence-corrected chi connectivity index (χ4v) is 2.48. The predicted molar refractivity (Wildman–Crippen MR) is 77.5 cm³/mol. The number of hydrogen-bond acceptors (Lipinski definition) is 3. The second kappa shape index (κ2) is 6.99. The Hall–Kier alpha value is -2.09. The van der Waals surface area contributed by atoms with Crippen molar-refractivity contribution in [2.45, 2.75) is 31.6 Å². The van der Waals surface area contributed by atoms with E-state index in [-0.39, 0.29) is 6.54 Å². The third-order valence-electron chi connectivity index (χ3n) is 3.66. The van der Waals surface area contributed by atoms with E-state index in [2.05, 4.69) is 5.32 Å². The van der Waals surface area contributed by atoms with Crippen LogP contribution in [0.3, 0.4) is 0 Å². The van der Waals surface area contributed by atoms with Crippen molar-refractivity contribution in [3.8, 4) is 0 Å². The lowest BCUT2D eigenvalue weighted by Crippen LogP contribution is -2.54. The van der Waals surface area contributed by atoms with Gasteiger partial charge in [-0.25, -0.2) is 0 Å². The number of rotatable bonds is 4. The summed E-state index contributed by atoms with van der Waals surface area (Å²) in [5.74, 6) is -1.18. The molecule has 1 aliphatic heterocycles. The lowest BCUT2D eigenvalue weighted by Gasteiger charge is -2.33. The average Bonchev–Trinajstić information content (AvgIpc) is 2.50. The first-order valence-corrected chi connectivity index (χ1v) is 7.25. The van der Waals surface area contributed by atoms with Gasteiger partial charge in [-0.05, 0) is 30.5 Å². The van der Waals surface area contributed by atoms with Crippen molar-refractivity contribution < 1.29 is 22.8 Å². The fourth-order valence-electron chi connectivity index (χ4n) is 2.48. The number of nitrogens with one attached hydrogen (secondary N) is 1. The third-order valence-corrected chi connectivity index (χ3v) is 3.66. The largest absolute Gasteiger partial charge is 0.406 e. The van der Waals surface area contributed by atoms with E-state index in [0.29, 0.717) is 24.9 Å². The van der Waals surface area contributed by atoms with Gasteiger partial charge in [-0.2, -0.15) is 13.2 Å². The SMILES string of the molecule is NCc1ccc(C(=O)NC2CCCN(CC(F)(F)F)C2=O)cc1. The van der Waals surface area contributed by atoms with Crippen molar-refractivity contribution in [2.24, 2.45) is 5.73 Å². The number of alkyl halides is 3. The maximum Gasteiger partial charge on any atom is 0.406 e. The van der Waals surface area contributed by atoms with E-state index in [1.807, 2.05) is 0 Å². The van der Waals surface area contributed by atoms with Gasteiger partial charge in [0.15, 0.2) is 0 Å². The molecule has 0 aromatic heterocycles. The first-order chi connectivity index (χ1) is 10.8. The summed E-state index contributed by atoms with van der Waals surface area (Å²) in [5, 5.41) is 2.51. The maximum atomic E-state index is 12.4. The number of benzene rings is 1. The zero-order chi connectivity index (χ0) is 17.0. The van der Waals surface area contributed by atoms with Crippen LogP contribution in [0.25, 0.3) is 0 Å². The predicted octanol–water partition coefficient (Wildman–Crippen LogP) is 1.43. The van der Waals surface area contributed by atoms with Crippen molar-refractivity contribution in [3.63, 3.8) is 0 Å². The lowest BCUT2D eigenvalue weighted by molar-refractivity contribution is -0.164. The number of hydrogen-bond donors (Lipinski definition) is 2. The second-order valence-corrected chi connectivity index (χ2v) is 5.44. The van der Waals surface area contributed by atoms with Crippen LogP contribution in [0.1, 0.15) is 28.8 Å². The summed E-state index contributed by atoms with van der Waals surface area (Å²) in [6.07, 6.45) is -3.70. The first-order valence-electron chi connectivity index (χ1n) is 7.25. The van der Waals surface area contributed by atoms with Gasteiger partial charge < -0.3 is 16.0 Å². The molecule has 0 saturated carbocycles. The van der Waals surface area contributed by atoms with E-state index in [1.54, 1.807) is 24.3 Å². The first kappa shape index (κ1) is 17.3. The molecule has 5 nitrogen and oxygen atoms in total. The van der Waals surface area contributed by atoms with Crippen LogP contribution in [0.15, 0.2) is 24.3 Å². The van der Waals surface area contributed by atoms with Gasteiger partial charge in [-0.15, -0.1) is 0 Å². The molecule has 1 aliphatic rings. The number of amides is 2. The molecule has 3 N–H and O–H groups in total. The summed E-state index contributed by atoms with van der Waals surface area (Å²) in [7, 11) is 0. The van der Waals surface area contributed by atoms with Crippen LogP contribution in [-0.2, 0) is 11.3 Å². The van der Waals surface area contributed by atoms with E-state index < -0.39 is 30.6 Å². The molecule has 23 heavy (non-hydrogen) atoms. The molecule has 0 aliphatic carbocycles. The van der Waals surface area contributed by atoms with Gasteiger partial charge >= 0.3 is 6.18 Å². The Balaban J connectivity index is 2.00. The molecule has 1 saturated heterocycles. The molecule has 0 radical (unpaired) electrons. The molecular formula is C15H18F3N3O2. The van der Waals surface area contributed by atoms with Crippen molar-refractivity contribution >= 4 is 11.8 Å². The monoisotopic (exact) mass is 329 g/mol. The van der Waals surface area contributed by atoms with Crippen molar-refractivity contribution in [2.75, 3.05) is 13.1 Å². The summed E-state index contributed by atoms with van der Waals surface area (Å²) in [4.78, 5) is 24.9. The Bertz CT molecular complexity index is 572.